The van der Waals surface area contributed by atoms with Gasteiger partial charge < -0.3 is 9.47 Å². The number of carbonyl (C=O) groups excluding carboxylic acids is 2. The van der Waals surface area contributed by atoms with Crippen LogP contribution in [0.3, 0.4) is 0 Å². The second kappa shape index (κ2) is 4.79. The Morgan fingerprint density at radius 1 is 1.36 bits per heavy atom. The molecule has 0 aromatic rings. The lowest BCUT2D eigenvalue weighted by Gasteiger charge is -2.18. The lowest BCUT2D eigenvalue weighted by Crippen LogP contribution is -2.23. The van der Waals surface area contributed by atoms with Crippen LogP contribution in [0.15, 0.2) is 11.6 Å². The summed E-state index contributed by atoms with van der Waals surface area (Å²) in [5, 5.41) is 0. The van der Waals surface area contributed by atoms with E-state index in [1.807, 2.05) is 0 Å². The van der Waals surface area contributed by atoms with Gasteiger partial charge in [-0.15, -0.1) is 0 Å². The molecule has 4 nitrogen and oxygen atoms in total. The molecule has 0 atom stereocenters. The van der Waals surface area contributed by atoms with Crippen LogP contribution in [-0.2, 0) is 19.1 Å². The van der Waals surface area contributed by atoms with Gasteiger partial charge in [-0.05, 0) is 27.7 Å². The van der Waals surface area contributed by atoms with E-state index in [0.717, 1.165) is 0 Å². The van der Waals surface area contributed by atoms with E-state index in [0.29, 0.717) is 0 Å². The second-order valence-corrected chi connectivity index (χ2v) is 3.74. The maximum Gasteiger partial charge on any atom is 0.333 e. The first-order chi connectivity index (χ1) is 6.69. The van der Waals surface area contributed by atoms with Gasteiger partial charge in [-0.2, -0.15) is 0 Å². The topological polar surface area (TPSA) is 52.6 Å². The largest absolute Gasteiger partial charge is 0.466 e. The predicted octanol–water partition coefficient (Wildman–Crippen LogP) is 1.45. The number of ether oxygens (including phenoxy) is 2. The Kier molecular flexibility index (Phi) is 3.68. The average molecular weight is 201 g/mol. The van der Waals surface area contributed by atoms with E-state index < -0.39 is 23.6 Å². The van der Waals surface area contributed by atoms with Crippen molar-refractivity contribution in [2.24, 2.45) is 0 Å². The molecular weight excluding hydrogens is 184 g/mol. The van der Waals surface area contributed by atoms with Crippen molar-refractivity contribution in [1.29, 1.82) is 0 Å². The summed E-state index contributed by atoms with van der Waals surface area (Å²) < 4.78 is 16.7. The van der Waals surface area contributed by atoms with Crippen LogP contribution in [0, 0.1) is 0 Å². The van der Waals surface area contributed by atoms with E-state index in [1.165, 1.54) is 14.0 Å². The fourth-order valence-electron chi connectivity index (χ4n) is 0.661. The van der Waals surface area contributed by atoms with Gasteiger partial charge >= 0.3 is 11.9 Å². The first-order valence-corrected chi connectivity index (χ1v) is 4.18. The SMILES string of the molecule is [2H]/C(C(=O)OC(C)(C)C)=C(/C)C(=O)OC. The summed E-state index contributed by atoms with van der Waals surface area (Å²) in [6.45, 7) is 6.40. The van der Waals surface area contributed by atoms with Crippen LogP contribution in [0.25, 0.3) is 0 Å². The molecule has 0 saturated heterocycles. The molecule has 0 aromatic heterocycles. The average Bonchev–Trinajstić information content (AvgIpc) is 2.11. The number of methoxy groups -OCH3 is 1. The molecule has 0 aromatic carbocycles. The van der Waals surface area contributed by atoms with Gasteiger partial charge in [-0.1, -0.05) is 0 Å². The van der Waals surface area contributed by atoms with Gasteiger partial charge in [0.1, 0.15) is 5.60 Å². The number of esters is 2. The van der Waals surface area contributed by atoms with Crippen LogP contribution >= 0.6 is 0 Å². The van der Waals surface area contributed by atoms with Gasteiger partial charge in [0.2, 0.25) is 0 Å². The van der Waals surface area contributed by atoms with Crippen LogP contribution in [0.2, 0.25) is 0 Å². The molecule has 0 saturated carbocycles. The van der Waals surface area contributed by atoms with Gasteiger partial charge in [-0.25, -0.2) is 9.59 Å². The van der Waals surface area contributed by atoms with Crippen molar-refractivity contribution in [2.45, 2.75) is 33.3 Å². The Morgan fingerprint density at radius 3 is 2.21 bits per heavy atom. The number of hydrogen-bond acceptors (Lipinski definition) is 4. The summed E-state index contributed by atoms with van der Waals surface area (Å²) in [5.74, 6) is -1.53. The minimum atomic E-state index is -0.828. The Bertz CT molecular complexity index is 299. The molecule has 0 rings (SSSR count). The van der Waals surface area contributed by atoms with Gasteiger partial charge in [0.25, 0.3) is 0 Å². The van der Waals surface area contributed by atoms with Crippen LogP contribution in [0.1, 0.15) is 29.1 Å². The summed E-state index contributed by atoms with van der Waals surface area (Å²) in [4.78, 5) is 22.4. The molecule has 0 fully saturated rings. The third kappa shape index (κ3) is 5.35. The van der Waals surface area contributed by atoms with Crippen molar-refractivity contribution < 1.29 is 20.4 Å². The third-order valence-corrected chi connectivity index (χ3v) is 1.18. The number of rotatable bonds is 2. The van der Waals surface area contributed by atoms with Crippen molar-refractivity contribution in [3.05, 3.63) is 11.6 Å². The molecule has 0 N–H and O–H groups in total. The van der Waals surface area contributed by atoms with Crippen molar-refractivity contribution in [2.75, 3.05) is 7.11 Å². The van der Waals surface area contributed by atoms with Crippen molar-refractivity contribution in [3.8, 4) is 0 Å². The first kappa shape index (κ1) is 10.8. The maximum atomic E-state index is 11.3. The Morgan fingerprint density at radius 2 is 1.86 bits per heavy atom. The Balaban J connectivity index is 4.78. The molecule has 0 aliphatic heterocycles. The smallest absolute Gasteiger partial charge is 0.333 e. The van der Waals surface area contributed by atoms with Crippen molar-refractivity contribution in [1.82, 2.24) is 0 Å². The molecule has 0 heterocycles. The Hall–Kier alpha value is -1.32. The highest BCUT2D eigenvalue weighted by molar-refractivity contribution is 5.95. The van der Waals surface area contributed by atoms with E-state index in [2.05, 4.69) is 4.74 Å². The van der Waals surface area contributed by atoms with Crippen LogP contribution in [0.4, 0.5) is 0 Å². The van der Waals surface area contributed by atoms with Crippen molar-refractivity contribution in [3.63, 3.8) is 0 Å². The highest BCUT2D eigenvalue weighted by atomic mass is 16.6. The number of carbonyl (C=O) groups is 2. The van der Waals surface area contributed by atoms with Gasteiger partial charge in [-0.3, -0.25) is 0 Å². The summed E-state index contributed by atoms with van der Waals surface area (Å²) in [7, 11) is 1.19. The second-order valence-electron chi connectivity index (χ2n) is 3.74. The Labute approximate surface area is 85.3 Å². The van der Waals surface area contributed by atoms with E-state index in [-0.39, 0.29) is 5.57 Å². The van der Waals surface area contributed by atoms with Gasteiger partial charge in [0.15, 0.2) is 0 Å². The lowest BCUT2D eigenvalue weighted by atomic mass is 10.2. The summed E-state index contributed by atoms with van der Waals surface area (Å²) in [5.41, 5.74) is -0.744. The quantitative estimate of drug-likeness (QED) is 0.501. The van der Waals surface area contributed by atoms with E-state index in [1.54, 1.807) is 20.8 Å². The number of hydrogen-bond donors (Lipinski definition) is 0. The fourth-order valence-corrected chi connectivity index (χ4v) is 0.661. The molecule has 0 spiro atoms. The summed E-state index contributed by atoms with van der Waals surface area (Å²) >= 11 is 0. The van der Waals surface area contributed by atoms with Gasteiger partial charge in [0.05, 0.1) is 8.48 Å². The summed E-state index contributed by atoms with van der Waals surface area (Å²) in [6, 6.07) is -0.475. The molecule has 0 aliphatic carbocycles. The molecule has 0 aliphatic rings. The zero-order chi connectivity index (χ0) is 12.2. The molecule has 80 valence electrons. The fraction of sp³-hybridized carbons (Fsp3) is 0.600. The van der Waals surface area contributed by atoms with Gasteiger partial charge in [0, 0.05) is 11.6 Å². The molecule has 14 heavy (non-hydrogen) atoms. The zero-order valence-corrected chi connectivity index (χ0v) is 9.13. The van der Waals surface area contributed by atoms with E-state index >= 15 is 0 Å². The highest BCUT2D eigenvalue weighted by Crippen LogP contribution is 2.08. The van der Waals surface area contributed by atoms with Crippen molar-refractivity contribution >= 4 is 11.9 Å². The van der Waals surface area contributed by atoms with Crippen LogP contribution < -0.4 is 0 Å². The van der Waals surface area contributed by atoms with E-state index in [4.69, 9.17) is 6.11 Å². The molecule has 0 bridgehead atoms. The highest BCUT2D eigenvalue weighted by Gasteiger charge is 2.15. The minimum Gasteiger partial charge on any atom is -0.466 e. The third-order valence-electron chi connectivity index (χ3n) is 1.18. The zero-order valence-electron chi connectivity index (χ0n) is 10.1. The molecular formula is C10H16O4. The first-order valence-electron chi connectivity index (χ1n) is 4.68. The normalized spacial score (nSPS) is 13.9. The minimum absolute atomic E-state index is 0.0632. The molecule has 0 amide bonds. The van der Waals surface area contributed by atoms with Crippen LogP contribution in [0.5, 0.6) is 0 Å². The lowest BCUT2D eigenvalue weighted by molar-refractivity contribution is -0.149. The summed E-state index contributed by atoms with van der Waals surface area (Å²) in [6.07, 6.45) is 0. The predicted molar refractivity (Wildman–Crippen MR) is 51.6 cm³/mol. The standard InChI is InChI=1S/C10H16O4/c1-7(9(12)13-5)6-8(11)14-10(2,3)4/h6H,1-5H3/b7-6+/i6D. The maximum absolute atomic E-state index is 11.3. The van der Waals surface area contributed by atoms with Crippen LogP contribution in [-0.4, -0.2) is 24.6 Å². The molecule has 0 unspecified atom stereocenters. The monoisotopic (exact) mass is 201 g/mol. The molecule has 4 heteroatoms. The van der Waals surface area contributed by atoms with E-state index in [9.17, 15) is 9.59 Å². The molecule has 0 radical (unpaired) electrons.